The highest BCUT2D eigenvalue weighted by molar-refractivity contribution is 7.26. The van der Waals surface area contributed by atoms with E-state index in [0.717, 1.165) is 44.6 Å². The lowest BCUT2D eigenvalue weighted by Gasteiger charge is -2.35. The predicted molar refractivity (Wildman–Crippen MR) is 287 cm³/mol. The summed E-state index contributed by atoms with van der Waals surface area (Å²) in [6, 6.07) is 91.4. The minimum Gasteiger partial charge on any atom is -0.456 e. The van der Waals surface area contributed by atoms with Crippen LogP contribution in [-0.2, 0) is 5.41 Å². The molecular weight excluding hydrogens is 843 g/mol. The van der Waals surface area contributed by atoms with Gasteiger partial charge in [-0.25, -0.2) is 0 Å². The van der Waals surface area contributed by atoms with Crippen LogP contribution in [0.5, 0.6) is 0 Å². The molecule has 0 bridgehead atoms. The molecule has 2 heterocycles. The second kappa shape index (κ2) is 15.3. The molecule has 1 aliphatic carbocycles. The number of furan rings is 1. The first-order valence-electron chi connectivity index (χ1n) is 23.3. The fraction of sp³-hybridized carbons (Fsp3) is 0.0154. The van der Waals surface area contributed by atoms with Crippen molar-refractivity contribution in [3.63, 3.8) is 0 Å². The summed E-state index contributed by atoms with van der Waals surface area (Å²) >= 11 is 1.86. The van der Waals surface area contributed by atoms with Gasteiger partial charge in [0.25, 0.3) is 0 Å². The van der Waals surface area contributed by atoms with E-state index in [1.165, 1.54) is 81.0 Å². The Balaban J connectivity index is 1.07. The SMILES string of the molecule is c1ccc(-c2ccc(C3(c4cccc(N(c5cccc6oc7ccc(-c8ccccc8)cc7c56)c5cccc6sc7ccc8ccccc8c7c56)c4)c4ccccc4-c4ccccc43)cc2)cc1. The molecule has 0 saturated carbocycles. The third-order valence-electron chi connectivity index (χ3n) is 14.3. The smallest absolute Gasteiger partial charge is 0.137 e. The monoisotopic (exact) mass is 883 g/mol. The van der Waals surface area contributed by atoms with Crippen LogP contribution in [-0.4, -0.2) is 0 Å². The lowest BCUT2D eigenvalue weighted by molar-refractivity contribution is 0.669. The number of nitrogens with zero attached hydrogens (tertiary/aromatic N) is 1. The van der Waals surface area contributed by atoms with E-state index in [-0.39, 0.29) is 0 Å². The zero-order chi connectivity index (χ0) is 44.8. The van der Waals surface area contributed by atoms with E-state index in [1.54, 1.807) is 0 Å². The van der Waals surface area contributed by atoms with Gasteiger partial charge in [0.15, 0.2) is 0 Å². The average molecular weight is 884 g/mol. The first-order valence-corrected chi connectivity index (χ1v) is 24.1. The maximum absolute atomic E-state index is 6.78. The predicted octanol–water partition coefficient (Wildman–Crippen LogP) is 18.3. The fourth-order valence-corrected chi connectivity index (χ4v) is 12.6. The molecule has 0 fully saturated rings. The van der Waals surface area contributed by atoms with Crippen molar-refractivity contribution < 1.29 is 4.42 Å². The summed E-state index contributed by atoms with van der Waals surface area (Å²) in [5.74, 6) is 0. The molecule has 1 aliphatic rings. The maximum atomic E-state index is 6.78. The Morgan fingerprint density at radius 2 is 0.956 bits per heavy atom. The Labute approximate surface area is 398 Å². The number of fused-ring (bicyclic) bond motifs is 11. The van der Waals surface area contributed by atoms with E-state index in [0.29, 0.717) is 0 Å². The van der Waals surface area contributed by atoms with Gasteiger partial charge in [0.05, 0.1) is 22.2 Å². The number of hydrogen-bond donors (Lipinski definition) is 0. The molecule has 318 valence electrons. The molecule has 0 spiro atoms. The summed E-state index contributed by atoms with van der Waals surface area (Å²) in [4.78, 5) is 2.52. The third-order valence-corrected chi connectivity index (χ3v) is 15.5. The lowest BCUT2D eigenvalue weighted by Crippen LogP contribution is -2.29. The van der Waals surface area contributed by atoms with Crippen molar-refractivity contribution in [3.05, 3.63) is 271 Å². The van der Waals surface area contributed by atoms with Crippen molar-refractivity contribution in [1.82, 2.24) is 0 Å². The molecule has 13 aromatic rings. The van der Waals surface area contributed by atoms with Crippen LogP contribution >= 0.6 is 11.3 Å². The van der Waals surface area contributed by atoms with Crippen molar-refractivity contribution in [2.24, 2.45) is 0 Å². The Bertz CT molecular complexity index is 4040. The van der Waals surface area contributed by atoms with Crippen molar-refractivity contribution >= 4 is 81.3 Å². The Morgan fingerprint density at radius 3 is 1.72 bits per heavy atom. The number of rotatable bonds is 7. The molecule has 0 saturated heterocycles. The van der Waals surface area contributed by atoms with Crippen molar-refractivity contribution in [3.8, 4) is 33.4 Å². The number of hydrogen-bond acceptors (Lipinski definition) is 3. The molecule has 68 heavy (non-hydrogen) atoms. The van der Waals surface area contributed by atoms with E-state index >= 15 is 0 Å². The molecule has 14 rings (SSSR count). The van der Waals surface area contributed by atoms with Crippen LogP contribution in [0.25, 0.3) is 86.3 Å². The van der Waals surface area contributed by atoms with Crippen molar-refractivity contribution in [2.45, 2.75) is 5.41 Å². The van der Waals surface area contributed by atoms with Crippen molar-refractivity contribution in [2.75, 3.05) is 4.90 Å². The number of anilines is 3. The largest absolute Gasteiger partial charge is 0.456 e. The molecule has 0 N–H and O–H groups in total. The summed E-state index contributed by atoms with van der Waals surface area (Å²) in [5.41, 5.74) is 16.6. The highest BCUT2D eigenvalue weighted by Gasteiger charge is 2.46. The van der Waals surface area contributed by atoms with Gasteiger partial charge >= 0.3 is 0 Å². The van der Waals surface area contributed by atoms with Gasteiger partial charge in [-0.2, -0.15) is 0 Å². The van der Waals surface area contributed by atoms with Crippen molar-refractivity contribution in [1.29, 1.82) is 0 Å². The van der Waals surface area contributed by atoms with Crippen LogP contribution in [0.15, 0.2) is 253 Å². The van der Waals surface area contributed by atoms with E-state index in [2.05, 4.69) is 254 Å². The summed E-state index contributed by atoms with van der Waals surface area (Å²) in [6.45, 7) is 0. The minimum atomic E-state index is -0.611. The summed E-state index contributed by atoms with van der Waals surface area (Å²) in [5, 5.41) is 7.18. The number of benzene rings is 11. The topological polar surface area (TPSA) is 16.4 Å². The highest BCUT2D eigenvalue weighted by Crippen LogP contribution is 2.57. The quantitative estimate of drug-likeness (QED) is 0.159. The molecular formula is C65H41NOS. The molecule has 0 aliphatic heterocycles. The molecule has 3 heteroatoms. The van der Waals surface area contributed by atoms with Crippen LogP contribution in [0, 0.1) is 0 Å². The van der Waals surface area contributed by atoms with Crippen LogP contribution in [0.1, 0.15) is 22.3 Å². The van der Waals surface area contributed by atoms with Gasteiger partial charge in [0, 0.05) is 31.2 Å². The molecule has 0 amide bonds. The molecule has 11 aromatic carbocycles. The molecule has 0 radical (unpaired) electrons. The van der Waals surface area contributed by atoms with Crippen LogP contribution in [0.4, 0.5) is 17.1 Å². The summed E-state index contributed by atoms with van der Waals surface area (Å²) in [6.07, 6.45) is 0. The lowest BCUT2D eigenvalue weighted by atomic mass is 9.67. The first kappa shape index (κ1) is 38.7. The van der Waals surface area contributed by atoms with Gasteiger partial charge in [-0.3, -0.25) is 0 Å². The minimum absolute atomic E-state index is 0.611. The standard InChI is InChI=1S/C65H41NOS/c1-3-16-42(17-4-1)44-32-36-47(37-33-44)65(54-26-11-9-24-51(54)52-25-10-12-27-55(52)65)48-21-13-22-49(41-48)66(57-29-15-31-60-64(57)63-50-23-8-7-20-45(50)35-39-61(63)68-60)56-28-14-30-59-62(56)53-40-46(34-38-58(53)67-59)43-18-5-2-6-19-43/h1-41H. The highest BCUT2D eigenvalue weighted by atomic mass is 32.1. The van der Waals surface area contributed by atoms with Crippen LogP contribution in [0.3, 0.4) is 0 Å². The maximum Gasteiger partial charge on any atom is 0.137 e. The van der Waals surface area contributed by atoms with Gasteiger partial charge in [-0.15, -0.1) is 11.3 Å². The van der Waals surface area contributed by atoms with E-state index in [9.17, 15) is 0 Å². The second-order valence-electron chi connectivity index (χ2n) is 17.9. The van der Waals surface area contributed by atoms with E-state index in [4.69, 9.17) is 4.42 Å². The summed E-state index contributed by atoms with van der Waals surface area (Å²) < 4.78 is 9.30. The molecule has 0 unspecified atom stereocenters. The third kappa shape index (κ3) is 5.76. The van der Waals surface area contributed by atoms with Gasteiger partial charge in [-0.1, -0.05) is 194 Å². The molecule has 2 aromatic heterocycles. The van der Waals surface area contributed by atoms with Gasteiger partial charge in [0.1, 0.15) is 11.2 Å². The Morgan fingerprint density at radius 1 is 0.353 bits per heavy atom. The summed E-state index contributed by atoms with van der Waals surface area (Å²) in [7, 11) is 0. The van der Waals surface area contributed by atoms with Crippen LogP contribution < -0.4 is 4.90 Å². The zero-order valence-corrected chi connectivity index (χ0v) is 37.8. The second-order valence-corrected chi connectivity index (χ2v) is 19.0. The van der Waals surface area contributed by atoms with Crippen LogP contribution in [0.2, 0.25) is 0 Å². The van der Waals surface area contributed by atoms with Gasteiger partial charge in [0.2, 0.25) is 0 Å². The van der Waals surface area contributed by atoms with E-state index < -0.39 is 5.41 Å². The molecule has 0 atom stereocenters. The van der Waals surface area contributed by atoms with Gasteiger partial charge in [-0.05, 0) is 121 Å². The van der Waals surface area contributed by atoms with Gasteiger partial charge < -0.3 is 9.32 Å². The average Bonchev–Trinajstić information content (AvgIpc) is 4.09. The normalized spacial score (nSPS) is 12.8. The zero-order valence-electron chi connectivity index (χ0n) is 36.9. The Kier molecular flexibility index (Phi) is 8.71. The fourth-order valence-electron chi connectivity index (χ4n) is 11.4. The first-order chi connectivity index (χ1) is 33.7. The number of thiophene rings is 1. The molecule has 2 nitrogen and oxygen atoms in total. The Hall–Kier alpha value is -8.50. The van der Waals surface area contributed by atoms with E-state index in [1.807, 2.05) is 11.3 Å².